The van der Waals surface area contributed by atoms with Crippen LogP contribution in [0, 0.1) is 17.3 Å². The molecule has 5 heteroatoms. The van der Waals surface area contributed by atoms with Crippen LogP contribution in [0.4, 0.5) is 0 Å². The third-order valence-corrected chi connectivity index (χ3v) is 5.12. The molecule has 1 spiro atoms. The fourth-order valence-corrected chi connectivity index (χ4v) is 3.72. The van der Waals surface area contributed by atoms with E-state index in [-0.39, 0.29) is 11.8 Å². The first-order valence-electron chi connectivity index (χ1n) is 8.12. The summed E-state index contributed by atoms with van der Waals surface area (Å²) in [6.07, 6.45) is 4.78. The molecule has 4 nitrogen and oxygen atoms in total. The maximum atomic E-state index is 12.1. The Morgan fingerprint density at radius 1 is 1.29 bits per heavy atom. The Hall–Kier alpha value is -0.710. The van der Waals surface area contributed by atoms with Gasteiger partial charge in [0, 0.05) is 37.7 Å². The van der Waals surface area contributed by atoms with Crippen LogP contribution in [0.5, 0.6) is 0 Å². The van der Waals surface area contributed by atoms with Gasteiger partial charge in [-0.25, -0.2) is 0 Å². The van der Waals surface area contributed by atoms with E-state index in [2.05, 4.69) is 31.8 Å². The van der Waals surface area contributed by atoms with Gasteiger partial charge in [-0.1, -0.05) is 13.8 Å². The molecule has 1 aliphatic carbocycles. The highest BCUT2D eigenvalue weighted by Gasteiger charge is 2.48. The first-order chi connectivity index (χ1) is 9.96. The van der Waals surface area contributed by atoms with Crippen molar-refractivity contribution in [1.29, 1.82) is 0 Å². The minimum absolute atomic E-state index is 0.183. The molecule has 1 saturated heterocycles. The van der Waals surface area contributed by atoms with Gasteiger partial charge >= 0.3 is 0 Å². The van der Waals surface area contributed by atoms with Gasteiger partial charge in [-0.2, -0.15) is 12.6 Å². The molecular formula is C16H28N2O2S. The van der Waals surface area contributed by atoms with Crippen molar-refractivity contribution in [1.82, 2.24) is 10.2 Å². The van der Waals surface area contributed by atoms with Crippen molar-refractivity contribution in [3.8, 4) is 0 Å². The number of piperidine rings is 1. The lowest BCUT2D eigenvalue weighted by atomic mass is 9.57. The normalized spacial score (nSPS) is 21.4. The number of carbonyl (C=O) groups is 2. The van der Waals surface area contributed by atoms with Gasteiger partial charge in [-0.05, 0) is 37.0 Å². The summed E-state index contributed by atoms with van der Waals surface area (Å²) in [5.41, 5.74) is 0.331. The van der Waals surface area contributed by atoms with Crippen molar-refractivity contribution in [2.75, 3.05) is 25.4 Å². The smallest absolute Gasteiger partial charge is 0.223 e. The zero-order valence-electron chi connectivity index (χ0n) is 13.2. The standard InChI is InChI=1S/C16H28N2O2S/c1-12(2)9-14(19)18-6-3-16(4-7-18)10-13(11-16)15(20)17-5-8-21/h12-13,21H,3-11H2,1-2H3,(H,17,20). The SMILES string of the molecule is CC(C)CC(=O)N1CCC2(CC1)CC(C(=O)NCCS)C2. The van der Waals surface area contributed by atoms with Crippen molar-refractivity contribution in [2.45, 2.75) is 46.0 Å². The van der Waals surface area contributed by atoms with Crippen LogP contribution >= 0.6 is 12.6 Å². The highest BCUT2D eigenvalue weighted by atomic mass is 32.1. The van der Waals surface area contributed by atoms with Crippen LogP contribution < -0.4 is 5.32 Å². The van der Waals surface area contributed by atoms with Crippen molar-refractivity contribution < 1.29 is 9.59 Å². The summed E-state index contributed by atoms with van der Waals surface area (Å²) >= 11 is 4.11. The average molecular weight is 312 g/mol. The highest BCUT2D eigenvalue weighted by Crippen LogP contribution is 2.52. The van der Waals surface area contributed by atoms with Crippen LogP contribution in [0.25, 0.3) is 0 Å². The Morgan fingerprint density at radius 2 is 1.90 bits per heavy atom. The van der Waals surface area contributed by atoms with Gasteiger partial charge in [0.05, 0.1) is 0 Å². The number of amides is 2. The van der Waals surface area contributed by atoms with Crippen molar-refractivity contribution in [3.05, 3.63) is 0 Å². The summed E-state index contributed by atoms with van der Waals surface area (Å²) < 4.78 is 0. The molecule has 120 valence electrons. The molecule has 21 heavy (non-hydrogen) atoms. The van der Waals surface area contributed by atoms with Crippen LogP contribution in [-0.4, -0.2) is 42.1 Å². The third kappa shape index (κ3) is 4.15. The number of likely N-dealkylation sites (tertiary alicyclic amines) is 1. The van der Waals surface area contributed by atoms with E-state index in [0.717, 1.165) is 38.8 Å². The predicted molar refractivity (Wildman–Crippen MR) is 87.3 cm³/mol. The minimum atomic E-state index is 0.183. The molecule has 1 N–H and O–H groups in total. The van der Waals surface area contributed by atoms with Gasteiger partial charge < -0.3 is 10.2 Å². The molecule has 1 saturated carbocycles. The molecule has 0 atom stereocenters. The molecule has 2 fully saturated rings. The number of carbonyl (C=O) groups excluding carboxylic acids is 2. The van der Waals surface area contributed by atoms with Crippen LogP contribution in [0.15, 0.2) is 0 Å². The Balaban J connectivity index is 1.73. The van der Waals surface area contributed by atoms with E-state index in [9.17, 15) is 9.59 Å². The first kappa shape index (κ1) is 16.7. The fourth-order valence-electron chi connectivity index (χ4n) is 3.61. The van der Waals surface area contributed by atoms with Gasteiger partial charge in [-0.3, -0.25) is 9.59 Å². The van der Waals surface area contributed by atoms with Crippen molar-refractivity contribution >= 4 is 24.4 Å². The number of thiol groups is 1. The zero-order valence-corrected chi connectivity index (χ0v) is 14.1. The summed E-state index contributed by atoms with van der Waals surface area (Å²) in [4.78, 5) is 26.0. The second kappa shape index (κ2) is 7.03. The van der Waals surface area contributed by atoms with E-state index in [4.69, 9.17) is 0 Å². The number of hydrogen-bond donors (Lipinski definition) is 2. The summed E-state index contributed by atoms with van der Waals surface area (Å²) in [5, 5.41) is 2.92. The Morgan fingerprint density at radius 3 is 2.43 bits per heavy atom. The van der Waals surface area contributed by atoms with Crippen molar-refractivity contribution in [3.63, 3.8) is 0 Å². The summed E-state index contributed by atoms with van der Waals surface area (Å²) in [5.74, 6) is 1.78. The van der Waals surface area contributed by atoms with Gasteiger partial charge in [0.25, 0.3) is 0 Å². The summed E-state index contributed by atoms with van der Waals surface area (Å²) in [6, 6.07) is 0. The van der Waals surface area contributed by atoms with Gasteiger partial charge in [0.1, 0.15) is 0 Å². The lowest BCUT2D eigenvalue weighted by molar-refractivity contribution is -0.141. The maximum absolute atomic E-state index is 12.1. The molecule has 1 heterocycles. The topological polar surface area (TPSA) is 49.4 Å². The second-order valence-electron chi connectivity index (χ2n) is 7.10. The zero-order chi connectivity index (χ0) is 15.5. The molecule has 0 bridgehead atoms. The fraction of sp³-hybridized carbons (Fsp3) is 0.875. The summed E-state index contributed by atoms with van der Waals surface area (Å²) in [6.45, 7) is 6.57. The van der Waals surface area contributed by atoms with Gasteiger partial charge in [0.2, 0.25) is 11.8 Å². The molecule has 2 rings (SSSR count). The van der Waals surface area contributed by atoms with Gasteiger partial charge in [0.15, 0.2) is 0 Å². The molecule has 1 aliphatic heterocycles. The number of nitrogens with zero attached hydrogens (tertiary/aromatic N) is 1. The molecule has 0 aromatic heterocycles. The van der Waals surface area contributed by atoms with Crippen LogP contribution in [-0.2, 0) is 9.59 Å². The average Bonchev–Trinajstić information content (AvgIpc) is 2.41. The first-order valence-corrected chi connectivity index (χ1v) is 8.75. The van der Waals surface area contributed by atoms with E-state index >= 15 is 0 Å². The largest absolute Gasteiger partial charge is 0.355 e. The molecule has 0 aromatic rings. The molecule has 2 aliphatic rings. The summed E-state index contributed by atoms with van der Waals surface area (Å²) in [7, 11) is 0. The molecule has 0 aromatic carbocycles. The van der Waals surface area contributed by atoms with E-state index in [1.54, 1.807) is 0 Å². The van der Waals surface area contributed by atoms with Crippen molar-refractivity contribution in [2.24, 2.45) is 17.3 Å². The minimum Gasteiger partial charge on any atom is -0.355 e. The predicted octanol–water partition coefficient (Wildman–Crippen LogP) is 2.10. The quantitative estimate of drug-likeness (QED) is 0.764. The Labute approximate surface area is 133 Å². The molecule has 2 amide bonds. The number of nitrogens with one attached hydrogen (secondary N) is 1. The number of hydrogen-bond acceptors (Lipinski definition) is 3. The number of rotatable bonds is 5. The van der Waals surface area contributed by atoms with Crippen LogP contribution in [0.1, 0.15) is 46.0 Å². The molecule has 0 unspecified atom stereocenters. The van der Waals surface area contributed by atoms with Crippen LogP contribution in [0.2, 0.25) is 0 Å². The lowest BCUT2D eigenvalue weighted by Gasteiger charge is -2.51. The van der Waals surface area contributed by atoms with Gasteiger partial charge in [-0.15, -0.1) is 0 Å². The lowest BCUT2D eigenvalue weighted by Crippen LogP contribution is -2.52. The maximum Gasteiger partial charge on any atom is 0.223 e. The Kier molecular flexibility index (Phi) is 5.58. The van der Waals surface area contributed by atoms with E-state index in [1.807, 2.05) is 4.90 Å². The van der Waals surface area contributed by atoms with E-state index in [0.29, 0.717) is 36.0 Å². The highest BCUT2D eigenvalue weighted by molar-refractivity contribution is 7.80. The van der Waals surface area contributed by atoms with E-state index in [1.165, 1.54) is 0 Å². The second-order valence-corrected chi connectivity index (χ2v) is 7.55. The van der Waals surface area contributed by atoms with Crippen LogP contribution in [0.3, 0.4) is 0 Å². The van der Waals surface area contributed by atoms with E-state index < -0.39 is 0 Å². The monoisotopic (exact) mass is 312 g/mol. The molecule has 0 radical (unpaired) electrons. The molecular weight excluding hydrogens is 284 g/mol. The Bertz CT molecular complexity index is 382. The third-order valence-electron chi connectivity index (χ3n) is 4.90.